The maximum absolute atomic E-state index is 14.5. The molecule has 0 bridgehead atoms. The molecule has 31 heavy (non-hydrogen) atoms. The molecule has 2 aromatic rings. The summed E-state index contributed by atoms with van der Waals surface area (Å²) >= 11 is 0. The highest BCUT2D eigenvalue weighted by atomic mass is 19.4. The van der Waals surface area contributed by atoms with Gasteiger partial charge in [-0.1, -0.05) is 38.1 Å². The van der Waals surface area contributed by atoms with E-state index in [0.29, 0.717) is 5.56 Å². The number of carbonyl (C=O) groups is 1. The Morgan fingerprint density at radius 3 is 2.03 bits per heavy atom. The third kappa shape index (κ3) is 6.20. The molecule has 0 saturated heterocycles. The first-order chi connectivity index (χ1) is 14.5. The Kier molecular flexibility index (Phi) is 8.08. The lowest BCUT2D eigenvalue weighted by Crippen LogP contribution is -2.54. The quantitative estimate of drug-likeness (QED) is 0.403. The first-order valence-corrected chi connectivity index (χ1v) is 9.66. The van der Waals surface area contributed by atoms with Gasteiger partial charge in [-0.15, -0.1) is 0 Å². The van der Waals surface area contributed by atoms with Crippen LogP contribution >= 0.6 is 0 Å². The van der Waals surface area contributed by atoms with Crippen LogP contribution in [0.3, 0.4) is 0 Å². The zero-order valence-corrected chi connectivity index (χ0v) is 17.1. The van der Waals surface area contributed by atoms with E-state index in [9.17, 15) is 26.7 Å². The lowest BCUT2D eigenvalue weighted by molar-refractivity contribution is -0.295. The van der Waals surface area contributed by atoms with Crippen molar-refractivity contribution in [2.24, 2.45) is 11.7 Å². The van der Waals surface area contributed by atoms with Crippen LogP contribution in [0.25, 0.3) is 11.1 Å². The van der Waals surface area contributed by atoms with Gasteiger partial charge in [0.05, 0.1) is 12.7 Å². The number of rotatable bonds is 9. The Labute approximate surface area is 177 Å². The molecule has 0 unspecified atom stereocenters. The average Bonchev–Trinajstić information content (AvgIpc) is 2.71. The number of benzene rings is 1. The smallest absolute Gasteiger partial charge is 0.342 e. The van der Waals surface area contributed by atoms with Crippen molar-refractivity contribution >= 4 is 5.91 Å². The molecule has 2 atom stereocenters. The normalized spacial score (nSPS) is 14.4. The molecule has 1 amide bonds. The average molecular weight is 444 g/mol. The molecule has 1 heterocycles. The lowest BCUT2D eigenvalue weighted by Gasteiger charge is -2.33. The van der Waals surface area contributed by atoms with Crippen LogP contribution in [0.1, 0.15) is 31.9 Å². The van der Waals surface area contributed by atoms with Crippen LogP contribution in [-0.2, 0) is 4.79 Å². The van der Waals surface area contributed by atoms with Crippen LogP contribution in [0, 0.1) is 5.92 Å². The van der Waals surface area contributed by atoms with Crippen LogP contribution in [-0.4, -0.2) is 35.7 Å². The summed E-state index contributed by atoms with van der Waals surface area (Å²) < 4.78 is 68.8. The molecular formula is C21H25F5N4O. The summed E-state index contributed by atoms with van der Waals surface area (Å²) in [5.41, 5.74) is 6.33. The Hall–Kier alpha value is -2.59. The number of aromatic nitrogens is 1. The molecule has 0 radical (unpaired) electrons. The molecule has 2 rings (SSSR count). The largest absolute Gasteiger partial charge is 0.455 e. The molecule has 0 fully saturated rings. The van der Waals surface area contributed by atoms with E-state index in [2.05, 4.69) is 15.6 Å². The van der Waals surface area contributed by atoms with E-state index in [1.54, 1.807) is 26.0 Å². The van der Waals surface area contributed by atoms with Gasteiger partial charge in [0, 0.05) is 12.4 Å². The molecule has 1 aromatic carbocycles. The molecule has 0 aliphatic heterocycles. The maximum atomic E-state index is 14.5. The predicted octanol–water partition coefficient (Wildman–Crippen LogP) is 4.02. The number of alkyl halides is 5. The van der Waals surface area contributed by atoms with Gasteiger partial charge >= 0.3 is 12.1 Å². The van der Waals surface area contributed by atoms with Gasteiger partial charge in [0.2, 0.25) is 5.91 Å². The topological polar surface area (TPSA) is 80.0 Å². The van der Waals surface area contributed by atoms with Crippen molar-refractivity contribution < 1.29 is 26.7 Å². The number of halogens is 5. The van der Waals surface area contributed by atoms with Crippen LogP contribution in [0.2, 0.25) is 0 Å². The molecule has 10 heteroatoms. The van der Waals surface area contributed by atoms with Crippen molar-refractivity contribution in [3.05, 3.63) is 54.4 Å². The summed E-state index contributed by atoms with van der Waals surface area (Å²) in [6.45, 7) is 3.19. The number of nitrogens with two attached hydrogens (primary N) is 1. The van der Waals surface area contributed by atoms with Crippen LogP contribution in [0.4, 0.5) is 22.0 Å². The number of pyridine rings is 1. The number of amides is 1. The Morgan fingerprint density at radius 1 is 1.00 bits per heavy atom. The monoisotopic (exact) mass is 444 g/mol. The van der Waals surface area contributed by atoms with Gasteiger partial charge in [-0.25, -0.2) is 0 Å². The third-order valence-electron chi connectivity index (χ3n) is 4.67. The van der Waals surface area contributed by atoms with E-state index in [0.717, 1.165) is 5.56 Å². The van der Waals surface area contributed by atoms with Crippen molar-refractivity contribution in [2.75, 3.05) is 6.67 Å². The first-order valence-electron chi connectivity index (χ1n) is 9.66. The van der Waals surface area contributed by atoms with Gasteiger partial charge in [-0.2, -0.15) is 22.0 Å². The molecule has 170 valence electrons. The van der Waals surface area contributed by atoms with E-state index >= 15 is 0 Å². The number of nitrogens with one attached hydrogen (secondary N) is 2. The highest BCUT2D eigenvalue weighted by Crippen LogP contribution is 2.45. The molecular weight excluding hydrogens is 419 g/mol. The van der Waals surface area contributed by atoms with Crippen molar-refractivity contribution in [2.45, 2.75) is 44.5 Å². The number of carbonyl (C=O) groups excluding carboxylic acids is 1. The predicted molar refractivity (Wildman–Crippen MR) is 107 cm³/mol. The summed E-state index contributed by atoms with van der Waals surface area (Å²) in [6, 6.07) is 4.90. The highest BCUT2D eigenvalue weighted by Gasteiger charge is 2.63. The summed E-state index contributed by atoms with van der Waals surface area (Å²) in [5.74, 6) is -6.01. The fourth-order valence-corrected chi connectivity index (χ4v) is 3.13. The Bertz CT molecular complexity index is 841. The number of hydrogen-bond donors (Lipinski definition) is 3. The van der Waals surface area contributed by atoms with Gasteiger partial charge in [-0.3, -0.25) is 15.1 Å². The minimum absolute atomic E-state index is 0.0470. The minimum Gasteiger partial charge on any atom is -0.342 e. The van der Waals surface area contributed by atoms with Crippen LogP contribution in [0.15, 0.2) is 48.8 Å². The van der Waals surface area contributed by atoms with E-state index in [-0.39, 0.29) is 24.6 Å². The fourth-order valence-electron chi connectivity index (χ4n) is 3.13. The van der Waals surface area contributed by atoms with E-state index < -0.39 is 30.1 Å². The molecule has 0 aliphatic carbocycles. The van der Waals surface area contributed by atoms with E-state index in [4.69, 9.17) is 5.73 Å². The molecule has 5 nitrogen and oxygen atoms in total. The van der Waals surface area contributed by atoms with Gasteiger partial charge in [0.1, 0.15) is 6.04 Å². The maximum Gasteiger partial charge on any atom is 0.455 e. The van der Waals surface area contributed by atoms with Gasteiger partial charge < -0.3 is 11.1 Å². The number of nitrogens with zero attached hydrogens (tertiary/aromatic N) is 1. The summed E-state index contributed by atoms with van der Waals surface area (Å²) in [7, 11) is 0. The van der Waals surface area contributed by atoms with Crippen molar-refractivity contribution in [3.63, 3.8) is 0 Å². The molecule has 0 spiro atoms. The molecule has 0 saturated carbocycles. The van der Waals surface area contributed by atoms with Crippen LogP contribution in [0.5, 0.6) is 0 Å². The second-order valence-electron chi connectivity index (χ2n) is 7.51. The van der Waals surface area contributed by atoms with Gasteiger partial charge in [-0.05, 0) is 41.2 Å². The fraction of sp³-hybridized carbons (Fsp3) is 0.429. The van der Waals surface area contributed by atoms with E-state index in [1.165, 1.54) is 36.7 Å². The Morgan fingerprint density at radius 2 is 1.55 bits per heavy atom. The van der Waals surface area contributed by atoms with Crippen LogP contribution < -0.4 is 16.4 Å². The van der Waals surface area contributed by atoms with Gasteiger partial charge in [0.15, 0.2) is 0 Å². The first kappa shape index (κ1) is 24.7. The number of hydrogen-bond acceptors (Lipinski definition) is 4. The lowest BCUT2D eigenvalue weighted by atomic mass is 9.94. The third-order valence-corrected chi connectivity index (χ3v) is 4.67. The second-order valence-corrected chi connectivity index (χ2v) is 7.51. The SMILES string of the molecule is CC(C)C[C@H](N[C@@H](c1ccc(-c2ccncc2)cc1)C(F)(F)C(F)(F)F)C(=O)NCN. The molecule has 1 aromatic heterocycles. The van der Waals surface area contributed by atoms with E-state index in [1.807, 2.05) is 0 Å². The van der Waals surface area contributed by atoms with Crippen molar-refractivity contribution in [1.29, 1.82) is 0 Å². The zero-order valence-electron chi connectivity index (χ0n) is 17.1. The van der Waals surface area contributed by atoms with Gasteiger partial charge in [0.25, 0.3) is 0 Å². The second kappa shape index (κ2) is 10.1. The van der Waals surface area contributed by atoms with Crippen molar-refractivity contribution in [3.8, 4) is 11.1 Å². The summed E-state index contributed by atoms with van der Waals surface area (Å²) in [5, 5.41) is 4.52. The highest BCUT2D eigenvalue weighted by molar-refractivity contribution is 5.81. The summed E-state index contributed by atoms with van der Waals surface area (Å²) in [6.07, 6.45) is -2.69. The molecule has 0 aliphatic rings. The standard InChI is InChI=1S/C21H25F5N4O/c1-13(2)11-17(19(31)29-12-27)30-18(20(22,23)21(24,25)26)16-5-3-14(4-6-16)15-7-9-28-10-8-15/h3-10,13,17-18,30H,11-12,27H2,1-2H3,(H,29,31)/t17-,18-/m0/s1. The Balaban J connectivity index is 2.44. The summed E-state index contributed by atoms with van der Waals surface area (Å²) in [4.78, 5) is 16.2. The van der Waals surface area contributed by atoms with Crippen molar-refractivity contribution in [1.82, 2.24) is 15.6 Å². The molecule has 4 N–H and O–H groups in total. The minimum atomic E-state index is -5.82. The zero-order chi connectivity index (χ0) is 23.2.